The molecular weight excluding hydrogens is 346 g/mol. The minimum atomic E-state index is 0.237. The molecule has 0 unspecified atom stereocenters. The first-order valence-corrected chi connectivity index (χ1v) is 9.42. The normalized spacial score (nSPS) is 14.8. The first-order chi connectivity index (χ1) is 12.7. The van der Waals surface area contributed by atoms with E-state index in [1.165, 1.54) is 10.9 Å². The molecule has 1 N–H and O–H groups in total. The van der Waals surface area contributed by atoms with Gasteiger partial charge in [0.1, 0.15) is 0 Å². The van der Waals surface area contributed by atoms with Crippen LogP contribution >= 0.6 is 11.6 Å². The van der Waals surface area contributed by atoms with Gasteiger partial charge in [-0.05, 0) is 36.2 Å². The Hall–Kier alpha value is -2.46. The number of aromatic nitrogens is 1. The number of rotatable bonds is 4. The van der Waals surface area contributed by atoms with Crippen LogP contribution in [0.25, 0.3) is 10.9 Å². The Morgan fingerprint density at radius 3 is 2.65 bits per heavy atom. The van der Waals surface area contributed by atoms with Crippen LogP contribution in [-0.4, -0.2) is 42.0 Å². The third-order valence-corrected chi connectivity index (χ3v) is 5.32. The van der Waals surface area contributed by atoms with E-state index < -0.39 is 0 Å². The summed E-state index contributed by atoms with van der Waals surface area (Å²) < 4.78 is 0. The summed E-state index contributed by atoms with van der Waals surface area (Å²) in [6.07, 6.45) is 3.35. The minimum absolute atomic E-state index is 0.237. The molecular formula is C21H22ClN3O. The Balaban J connectivity index is 1.32. The molecule has 4 nitrogen and oxygen atoms in total. The van der Waals surface area contributed by atoms with Crippen LogP contribution in [0.1, 0.15) is 12.0 Å². The largest absolute Gasteiger partial charge is 0.368 e. The second kappa shape index (κ2) is 7.42. The van der Waals surface area contributed by atoms with Crippen molar-refractivity contribution in [1.82, 2.24) is 9.88 Å². The fraction of sp³-hybridized carbons (Fsp3) is 0.286. The first-order valence-electron chi connectivity index (χ1n) is 9.04. The maximum absolute atomic E-state index is 12.6. The van der Waals surface area contributed by atoms with Crippen molar-refractivity contribution in [1.29, 1.82) is 0 Å². The number of aryl methyl sites for hydroxylation is 1. The van der Waals surface area contributed by atoms with Gasteiger partial charge < -0.3 is 14.8 Å². The molecule has 0 saturated carbocycles. The average molecular weight is 368 g/mol. The Labute approximate surface area is 158 Å². The zero-order valence-corrected chi connectivity index (χ0v) is 15.4. The number of carbonyl (C=O) groups excluding carboxylic acids is 1. The number of H-pyrrole nitrogens is 1. The van der Waals surface area contributed by atoms with Crippen LogP contribution in [0.5, 0.6) is 0 Å². The van der Waals surface area contributed by atoms with Gasteiger partial charge in [-0.1, -0.05) is 35.9 Å². The first kappa shape index (κ1) is 17.0. The SMILES string of the molecule is O=C(CCc1c[nH]c2ccccc12)N1CCN(c2cccc(Cl)c2)CC1. The number of benzene rings is 2. The van der Waals surface area contributed by atoms with E-state index in [-0.39, 0.29) is 5.91 Å². The average Bonchev–Trinajstić information content (AvgIpc) is 3.09. The lowest BCUT2D eigenvalue weighted by molar-refractivity contribution is -0.131. The summed E-state index contributed by atoms with van der Waals surface area (Å²) in [6.45, 7) is 3.22. The van der Waals surface area contributed by atoms with Gasteiger partial charge in [0.15, 0.2) is 0 Å². The zero-order valence-electron chi connectivity index (χ0n) is 14.6. The molecule has 2 heterocycles. The van der Waals surface area contributed by atoms with Crippen LogP contribution in [0.15, 0.2) is 54.7 Å². The number of piperazine rings is 1. The van der Waals surface area contributed by atoms with Crippen molar-refractivity contribution in [3.05, 3.63) is 65.3 Å². The summed E-state index contributed by atoms with van der Waals surface area (Å²) in [5.74, 6) is 0.237. The standard InChI is InChI=1S/C21H22ClN3O/c22-17-4-3-5-18(14-17)24-10-12-25(13-11-24)21(26)9-8-16-15-23-20-7-2-1-6-19(16)20/h1-7,14-15,23H,8-13H2. The summed E-state index contributed by atoms with van der Waals surface area (Å²) in [7, 11) is 0. The van der Waals surface area contributed by atoms with Crippen LogP contribution in [0.4, 0.5) is 5.69 Å². The molecule has 1 aliphatic heterocycles. The lowest BCUT2D eigenvalue weighted by Crippen LogP contribution is -2.48. The summed E-state index contributed by atoms with van der Waals surface area (Å²) in [6, 6.07) is 16.1. The zero-order chi connectivity index (χ0) is 17.9. The van der Waals surface area contributed by atoms with Gasteiger partial charge in [-0.3, -0.25) is 4.79 Å². The van der Waals surface area contributed by atoms with Gasteiger partial charge in [0.25, 0.3) is 0 Å². The van der Waals surface area contributed by atoms with Gasteiger partial charge in [-0.2, -0.15) is 0 Å². The molecule has 1 amide bonds. The minimum Gasteiger partial charge on any atom is -0.368 e. The van der Waals surface area contributed by atoms with Crippen molar-refractivity contribution in [3.63, 3.8) is 0 Å². The number of hydrogen-bond acceptors (Lipinski definition) is 2. The maximum atomic E-state index is 12.6. The maximum Gasteiger partial charge on any atom is 0.223 e. The van der Waals surface area contributed by atoms with E-state index in [4.69, 9.17) is 11.6 Å². The predicted molar refractivity (Wildman–Crippen MR) is 107 cm³/mol. The fourth-order valence-electron chi connectivity index (χ4n) is 3.63. The monoisotopic (exact) mass is 367 g/mol. The Morgan fingerprint density at radius 2 is 1.85 bits per heavy atom. The smallest absolute Gasteiger partial charge is 0.223 e. The van der Waals surface area contributed by atoms with Gasteiger partial charge in [0, 0.05) is 60.4 Å². The van der Waals surface area contributed by atoms with Crippen molar-refractivity contribution < 1.29 is 4.79 Å². The Kier molecular flexibility index (Phi) is 4.85. The number of anilines is 1. The molecule has 4 rings (SSSR count). The van der Waals surface area contributed by atoms with Crippen LogP contribution < -0.4 is 4.90 Å². The molecule has 26 heavy (non-hydrogen) atoms. The van der Waals surface area contributed by atoms with Crippen molar-refractivity contribution in [2.75, 3.05) is 31.1 Å². The summed E-state index contributed by atoms with van der Waals surface area (Å²) in [5, 5.41) is 1.96. The molecule has 1 aromatic heterocycles. The lowest BCUT2D eigenvalue weighted by Gasteiger charge is -2.36. The number of aromatic amines is 1. The van der Waals surface area contributed by atoms with Gasteiger partial charge in [0.2, 0.25) is 5.91 Å². The van der Waals surface area contributed by atoms with E-state index in [1.807, 2.05) is 41.4 Å². The number of fused-ring (bicyclic) bond motifs is 1. The fourth-order valence-corrected chi connectivity index (χ4v) is 3.81. The van der Waals surface area contributed by atoms with Crippen molar-refractivity contribution >= 4 is 34.1 Å². The lowest BCUT2D eigenvalue weighted by atomic mass is 10.1. The molecule has 2 aromatic carbocycles. The van der Waals surface area contributed by atoms with E-state index in [0.29, 0.717) is 6.42 Å². The highest BCUT2D eigenvalue weighted by Crippen LogP contribution is 2.22. The number of hydrogen-bond donors (Lipinski definition) is 1. The van der Waals surface area contributed by atoms with Gasteiger partial charge in [-0.15, -0.1) is 0 Å². The third kappa shape index (κ3) is 3.56. The number of amides is 1. The molecule has 0 bridgehead atoms. The van der Waals surface area contributed by atoms with Gasteiger partial charge in [0.05, 0.1) is 0 Å². The highest BCUT2D eigenvalue weighted by Gasteiger charge is 2.21. The van der Waals surface area contributed by atoms with Crippen molar-refractivity contribution in [2.24, 2.45) is 0 Å². The highest BCUT2D eigenvalue weighted by atomic mass is 35.5. The molecule has 1 fully saturated rings. The molecule has 1 aliphatic rings. The van der Waals surface area contributed by atoms with Crippen LogP contribution in [-0.2, 0) is 11.2 Å². The van der Waals surface area contributed by atoms with Crippen molar-refractivity contribution in [3.8, 4) is 0 Å². The van der Waals surface area contributed by atoms with Crippen LogP contribution in [0.2, 0.25) is 5.02 Å². The molecule has 0 aliphatic carbocycles. The van der Waals surface area contributed by atoms with Gasteiger partial charge in [-0.25, -0.2) is 0 Å². The van der Waals surface area contributed by atoms with Gasteiger partial charge >= 0.3 is 0 Å². The van der Waals surface area contributed by atoms with E-state index in [1.54, 1.807) is 0 Å². The molecule has 5 heteroatoms. The molecule has 0 radical (unpaired) electrons. The number of nitrogens with one attached hydrogen (secondary N) is 1. The van der Waals surface area contributed by atoms with Crippen molar-refractivity contribution in [2.45, 2.75) is 12.8 Å². The molecule has 134 valence electrons. The quantitative estimate of drug-likeness (QED) is 0.754. The van der Waals surface area contributed by atoms with E-state index in [0.717, 1.165) is 48.8 Å². The van der Waals surface area contributed by atoms with Crippen LogP contribution in [0, 0.1) is 0 Å². The number of halogens is 1. The Morgan fingerprint density at radius 1 is 1.04 bits per heavy atom. The second-order valence-corrected chi connectivity index (χ2v) is 7.14. The highest BCUT2D eigenvalue weighted by molar-refractivity contribution is 6.30. The van der Waals surface area contributed by atoms with Crippen LogP contribution in [0.3, 0.4) is 0 Å². The molecule has 1 saturated heterocycles. The van der Waals surface area contributed by atoms with E-state index in [2.05, 4.69) is 28.1 Å². The molecule has 0 atom stereocenters. The summed E-state index contributed by atoms with van der Waals surface area (Å²) in [5.41, 5.74) is 3.47. The molecule has 0 spiro atoms. The number of nitrogens with zero attached hydrogens (tertiary/aromatic N) is 2. The third-order valence-electron chi connectivity index (χ3n) is 5.09. The topological polar surface area (TPSA) is 39.3 Å². The van der Waals surface area contributed by atoms with E-state index >= 15 is 0 Å². The predicted octanol–water partition coefficient (Wildman–Crippen LogP) is 4.10. The molecule has 3 aromatic rings. The van der Waals surface area contributed by atoms with E-state index in [9.17, 15) is 4.79 Å². The number of carbonyl (C=O) groups is 1. The summed E-state index contributed by atoms with van der Waals surface area (Å²) in [4.78, 5) is 20.1. The Bertz CT molecular complexity index is 912. The number of para-hydroxylation sites is 1. The summed E-state index contributed by atoms with van der Waals surface area (Å²) >= 11 is 6.08. The second-order valence-electron chi connectivity index (χ2n) is 6.71.